The number of nitrogens with one attached hydrogen (secondary N) is 1. The molecule has 8 nitrogen and oxygen atoms in total. The molecule has 4 N–H and O–H groups in total. The van der Waals surface area contributed by atoms with Gasteiger partial charge in [-0.1, -0.05) is 0 Å². The highest BCUT2D eigenvalue weighted by atomic mass is 16.4. The van der Waals surface area contributed by atoms with Crippen LogP contribution in [0.2, 0.25) is 0 Å². The van der Waals surface area contributed by atoms with Gasteiger partial charge in [-0.3, -0.25) is 9.59 Å². The number of anilines is 1. The van der Waals surface area contributed by atoms with Gasteiger partial charge in [-0.25, -0.2) is 9.48 Å². The molecule has 0 aliphatic carbocycles. The number of hydrogen-bond donors (Lipinski definition) is 3. The number of rotatable bonds is 3. The van der Waals surface area contributed by atoms with Crippen LogP contribution in [0, 0.1) is 0 Å². The van der Waals surface area contributed by atoms with Gasteiger partial charge in [0.15, 0.2) is 11.8 Å². The predicted molar refractivity (Wildman–Crippen MR) is 59.8 cm³/mol. The van der Waals surface area contributed by atoms with Gasteiger partial charge >= 0.3 is 5.97 Å². The Labute approximate surface area is 101 Å². The van der Waals surface area contributed by atoms with Crippen molar-refractivity contribution in [1.82, 2.24) is 9.78 Å². The lowest BCUT2D eigenvalue weighted by atomic mass is 10.0. The number of carboxylic acids is 1. The van der Waals surface area contributed by atoms with Gasteiger partial charge in [0.05, 0.1) is 6.20 Å². The third-order valence-electron chi connectivity index (χ3n) is 2.60. The lowest BCUT2D eigenvalue weighted by molar-refractivity contribution is -0.140. The summed E-state index contributed by atoms with van der Waals surface area (Å²) in [5, 5.41) is 15.6. The number of nitrogens with two attached hydrogens (primary N) is 1. The van der Waals surface area contributed by atoms with E-state index in [4.69, 9.17) is 10.8 Å². The molecule has 2 heterocycles. The Hall–Kier alpha value is -2.64. The Morgan fingerprint density at radius 1 is 1.50 bits per heavy atom. The van der Waals surface area contributed by atoms with Crippen molar-refractivity contribution in [2.45, 2.75) is 13.0 Å². The minimum absolute atomic E-state index is 0.0501. The van der Waals surface area contributed by atoms with Crippen LogP contribution in [0.1, 0.15) is 23.3 Å². The maximum atomic E-state index is 11.4. The van der Waals surface area contributed by atoms with Crippen molar-refractivity contribution in [3.63, 3.8) is 0 Å². The van der Waals surface area contributed by atoms with Crippen molar-refractivity contribution < 1.29 is 19.5 Å². The first-order chi connectivity index (χ1) is 8.43. The molecule has 1 aromatic rings. The van der Waals surface area contributed by atoms with Crippen molar-refractivity contribution in [2.75, 3.05) is 5.32 Å². The highest BCUT2D eigenvalue weighted by molar-refractivity contribution is 6.02. The summed E-state index contributed by atoms with van der Waals surface area (Å²) in [6.07, 6.45) is 2.42. The Kier molecular flexibility index (Phi) is 2.62. The zero-order valence-corrected chi connectivity index (χ0v) is 9.38. The van der Waals surface area contributed by atoms with Crippen LogP contribution in [-0.2, 0) is 9.59 Å². The fraction of sp³-hybridized carbons (Fsp3) is 0.200. The minimum Gasteiger partial charge on any atom is -0.479 e. The van der Waals surface area contributed by atoms with Crippen LogP contribution < -0.4 is 11.1 Å². The molecule has 2 rings (SSSR count). The standard InChI is InChI=1S/C10H10N4O4/c1-4(15)5-2-12-9-6(8(11)16)3-13-14(9)7(5)10(17)18/h2-3,7,12H,1H3,(H2,11,16)(H,17,18). The smallest absolute Gasteiger partial charge is 0.333 e. The van der Waals surface area contributed by atoms with Crippen molar-refractivity contribution in [3.05, 3.63) is 23.5 Å². The second-order valence-electron chi connectivity index (χ2n) is 3.76. The molecule has 94 valence electrons. The number of carbonyl (C=O) groups excluding carboxylic acids is 2. The van der Waals surface area contributed by atoms with E-state index in [1.165, 1.54) is 13.1 Å². The highest BCUT2D eigenvalue weighted by Crippen LogP contribution is 2.29. The molecular weight excluding hydrogens is 240 g/mol. The Morgan fingerprint density at radius 2 is 2.17 bits per heavy atom. The van der Waals surface area contributed by atoms with Gasteiger partial charge in [0.1, 0.15) is 11.4 Å². The fourth-order valence-corrected chi connectivity index (χ4v) is 1.77. The zero-order chi connectivity index (χ0) is 13.4. The van der Waals surface area contributed by atoms with Crippen LogP contribution in [0.5, 0.6) is 0 Å². The van der Waals surface area contributed by atoms with Crippen molar-refractivity contribution in [1.29, 1.82) is 0 Å². The second kappa shape index (κ2) is 3.99. The minimum atomic E-state index is -1.26. The molecule has 1 aliphatic rings. The topological polar surface area (TPSA) is 127 Å². The highest BCUT2D eigenvalue weighted by Gasteiger charge is 2.34. The van der Waals surface area contributed by atoms with Crippen molar-refractivity contribution >= 4 is 23.5 Å². The third-order valence-corrected chi connectivity index (χ3v) is 2.60. The number of carbonyl (C=O) groups is 3. The maximum Gasteiger partial charge on any atom is 0.333 e. The summed E-state index contributed by atoms with van der Waals surface area (Å²) in [6, 6.07) is -1.26. The molecule has 0 spiro atoms. The van der Waals surface area contributed by atoms with Crippen LogP contribution >= 0.6 is 0 Å². The van der Waals surface area contributed by atoms with E-state index in [0.717, 1.165) is 10.9 Å². The maximum absolute atomic E-state index is 11.4. The first kappa shape index (κ1) is 11.8. The molecule has 1 aliphatic heterocycles. The van der Waals surface area contributed by atoms with E-state index in [0.29, 0.717) is 0 Å². The quantitative estimate of drug-likeness (QED) is 0.664. The van der Waals surface area contributed by atoms with Gasteiger partial charge in [0, 0.05) is 11.8 Å². The van der Waals surface area contributed by atoms with E-state index in [1.54, 1.807) is 0 Å². The SMILES string of the molecule is CC(=O)C1=CNc2c(C(N)=O)cnn2C1C(=O)O. The van der Waals surface area contributed by atoms with Crippen LogP contribution in [-0.4, -0.2) is 32.5 Å². The van der Waals surface area contributed by atoms with Gasteiger partial charge in [0.2, 0.25) is 0 Å². The monoisotopic (exact) mass is 250 g/mol. The number of primary amides is 1. The van der Waals surface area contributed by atoms with Crippen LogP contribution in [0.15, 0.2) is 18.0 Å². The van der Waals surface area contributed by atoms with Gasteiger partial charge in [-0.15, -0.1) is 0 Å². The van der Waals surface area contributed by atoms with Gasteiger partial charge < -0.3 is 16.2 Å². The normalized spacial score (nSPS) is 17.4. The molecular formula is C10H10N4O4. The summed E-state index contributed by atoms with van der Waals surface area (Å²) in [5.74, 6) is -2.19. The Morgan fingerprint density at radius 3 is 2.67 bits per heavy atom. The average Bonchev–Trinajstić information content (AvgIpc) is 2.70. The summed E-state index contributed by atoms with van der Waals surface area (Å²) < 4.78 is 1.05. The molecule has 0 aromatic carbocycles. The Bertz CT molecular complexity index is 587. The lowest BCUT2D eigenvalue weighted by Gasteiger charge is -2.22. The van der Waals surface area contributed by atoms with Crippen LogP contribution in [0.4, 0.5) is 5.82 Å². The summed E-state index contributed by atoms with van der Waals surface area (Å²) >= 11 is 0. The van der Waals surface area contributed by atoms with Crippen molar-refractivity contribution in [2.24, 2.45) is 5.73 Å². The molecule has 0 radical (unpaired) electrons. The number of carboxylic acid groups (broad SMARTS) is 1. The summed E-state index contributed by atoms with van der Waals surface area (Å²) in [7, 11) is 0. The number of hydrogen-bond acceptors (Lipinski definition) is 5. The van der Waals surface area contributed by atoms with E-state index in [9.17, 15) is 14.4 Å². The second-order valence-corrected chi connectivity index (χ2v) is 3.76. The summed E-state index contributed by atoms with van der Waals surface area (Å²) in [6.45, 7) is 1.26. The predicted octanol–water partition coefficient (Wildman–Crippen LogP) is -0.494. The van der Waals surface area contributed by atoms with Gasteiger partial charge in [0.25, 0.3) is 5.91 Å². The van der Waals surface area contributed by atoms with Crippen LogP contribution in [0.25, 0.3) is 0 Å². The average molecular weight is 250 g/mol. The molecule has 1 amide bonds. The third kappa shape index (κ3) is 1.63. The number of aliphatic carboxylic acids is 1. The molecule has 0 bridgehead atoms. The van der Waals surface area contributed by atoms with E-state index < -0.39 is 23.7 Å². The van der Waals surface area contributed by atoms with Crippen LogP contribution in [0.3, 0.4) is 0 Å². The number of nitrogens with zero attached hydrogens (tertiary/aromatic N) is 2. The van der Waals surface area contributed by atoms with Crippen molar-refractivity contribution in [3.8, 4) is 0 Å². The van der Waals surface area contributed by atoms with E-state index >= 15 is 0 Å². The number of fused-ring (bicyclic) bond motifs is 1. The lowest BCUT2D eigenvalue weighted by Crippen LogP contribution is -2.30. The molecule has 8 heteroatoms. The van der Waals surface area contributed by atoms with Gasteiger partial charge in [-0.2, -0.15) is 5.10 Å². The molecule has 0 saturated heterocycles. The van der Waals surface area contributed by atoms with E-state index in [2.05, 4.69) is 10.4 Å². The number of aromatic nitrogens is 2. The van der Waals surface area contributed by atoms with E-state index in [1.807, 2.05) is 0 Å². The van der Waals surface area contributed by atoms with Gasteiger partial charge in [-0.05, 0) is 6.92 Å². The largest absolute Gasteiger partial charge is 0.479 e. The summed E-state index contributed by atoms with van der Waals surface area (Å²) in [4.78, 5) is 33.7. The number of ketones is 1. The molecule has 1 unspecified atom stereocenters. The molecule has 1 aromatic heterocycles. The van der Waals surface area contributed by atoms with E-state index in [-0.39, 0.29) is 17.0 Å². The molecule has 1 atom stereocenters. The molecule has 0 fully saturated rings. The molecule has 0 saturated carbocycles. The number of amides is 1. The fourth-order valence-electron chi connectivity index (χ4n) is 1.77. The number of Topliss-reactive ketones (excluding diaryl/α,β-unsaturated/α-hetero) is 1. The Balaban J connectivity index is 2.57. The summed E-state index contributed by atoms with van der Waals surface area (Å²) in [5.41, 5.74) is 5.25. The molecule has 18 heavy (non-hydrogen) atoms. The first-order valence-electron chi connectivity index (χ1n) is 5.01. The first-order valence-corrected chi connectivity index (χ1v) is 5.01. The zero-order valence-electron chi connectivity index (χ0n) is 9.38.